The van der Waals surface area contributed by atoms with Gasteiger partial charge in [-0.1, -0.05) is 62.4 Å². The fraction of sp³-hybridized carbons (Fsp3) is 0.296. The van der Waals surface area contributed by atoms with Crippen molar-refractivity contribution in [3.8, 4) is 11.5 Å². The van der Waals surface area contributed by atoms with E-state index in [4.69, 9.17) is 9.47 Å². The molecular formula is C27H31NO3. The monoisotopic (exact) mass is 417 g/mol. The molecular weight excluding hydrogens is 386 g/mol. The zero-order chi connectivity index (χ0) is 22.1. The van der Waals surface area contributed by atoms with Crippen LogP contribution in [0.1, 0.15) is 42.9 Å². The van der Waals surface area contributed by atoms with E-state index in [0.717, 1.165) is 35.5 Å². The second kappa shape index (κ2) is 11.2. The van der Waals surface area contributed by atoms with Gasteiger partial charge in [0.2, 0.25) is 0 Å². The molecule has 0 aliphatic rings. The minimum absolute atomic E-state index is 0.0364. The topological polar surface area (TPSA) is 47.6 Å². The quantitative estimate of drug-likeness (QED) is 0.403. The Kier molecular flexibility index (Phi) is 8.11. The number of benzene rings is 3. The lowest BCUT2D eigenvalue weighted by Gasteiger charge is -2.15. The van der Waals surface area contributed by atoms with Gasteiger partial charge in [0.25, 0.3) is 5.91 Å². The summed E-state index contributed by atoms with van der Waals surface area (Å²) < 4.78 is 11.7. The fourth-order valence-corrected chi connectivity index (χ4v) is 3.36. The van der Waals surface area contributed by atoms with Crippen LogP contribution in [-0.4, -0.2) is 19.1 Å². The average Bonchev–Trinajstić information content (AvgIpc) is 2.76. The standard InChI is InChI=1S/C27H31NO3/c1-20(2)25-15-14-21(3)17-26(25)31-19-27(29)28-23-12-7-13-24(18-23)30-16-8-11-22-9-5-4-6-10-22/h4-7,9-10,12-15,17-18,20H,8,11,16,19H2,1-3H3,(H,28,29). The van der Waals surface area contributed by atoms with E-state index in [0.29, 0.717) is 18.2 Å². The molecule has 162 valence electrons. The molecule has 0 bridgehead atoms. The summed E-state index contributed by atoms with van der Waals surface area (Å²) >= 11 is 0. The molecule has 0 saturated heterocycles. The normalized spacial score (nSPS) is 10.7. The zero-order valence-electron chi connectivity index (χ0n) is 18.6. The van der Waals surface area contributed by atoms with Crippen LogP contribution in [0.3, 0.4) is 0 Å². The number of carbonyl (C=O) groups is 1. The minimum Gasteiger partial charge on any atom is -0.494 e. The molecule has 0 unspecified atom stereocenters. The number of anilines is 1. The third-order valence-electron chi connectivity index (χ3n) is 4.99. The number of carbonyl (C=O) groups excluding carboxylic acids is 1. The number of nitrogens with one attached hydrogen (secondary N) is 1. The van der Waals surface area contributed by atoms with Gasteiger partial charge in [0.05, 0.1) is 6.61 Å². The molecule has 0 radical (unpaired) electrons. The third-order valence-corrected chi connectivity index (χ3v) is 4.99. The van der Waals surface area contributed by atoms with Gasteiger partial charge in [0, 0.05) is 11.8 Å². The van der Waals surface area contributed by atoms with Gasteiger partial charge in [-0.05, 0) is 60.6 Å². The highest BCUT2D eigenvalue weighted by atomic mass is 16.5. The maximum Gasteiger partial charge on any atom is 0.262 e. The molecule has 0 aliphatic carbocycles. The summed E-state index contributed by atoms with van der Waals surface area (Å²) in [6, 6.07) is 23.9. The molecule has 0 fully saturated rings. The van der Waals surface area contributed by atoms with Crippen LogP contribution in [0.4, 0.5) is 5.69 Å². The molecule has 0 heterocycles. The number of hydrogen-bond donors (Lipinski definition) is 1. The maximum atomic E-state index is 12.4. The largest absolute Gasteiger partial charge is 0.494 e. The first-order valence-corrected chi connectivity index (χ1v) is 10.8. The second-order valence-corrected chi connectivity index (χ2v) is 8.00. The lowest BCUT2D eigenvalue weighted by Crippen LogP contribution is -2.20. The summed E-state index contributed by atoms with van der Waals surface area (Å²) in [5, 5.41) is 2.89. The Hall–Kier alpha value is -3.27. The van der Waals surface area contributed by atoms with Gasteiger partial charge in [-0.2, -0.15) is 0 Å². The van der Waals surface area contributed by atoms with Crippen LogP contribution >= 0.6 is 0 Å². The molecule has 3 aromatic carbocycles. The Morgan fingerprint density at radius 3 is 2.52 bits per heavy atom. The van der Waals surface area contributed by atoms with Crippen molar-refractivity contribution in [2.45, 2.75) is 39.5 Å². The van der Waals surface area contributed by atoms with E-state index in [9.17, 15) is 4.79 Å². The van der Waals surface area contributed by atoms with Crippen molar-refractivity contribution < 1.29 is 14.3 Å². The summed E-state index contributed by atoms with van der Waals surface area (Å²) in [6.45, 7) is 6.83. The summed E-state index contributed by atoms with van der Waals surface area (Å²) in [6.07, 6.45) is 1.91. The van der Waals surface area contributed by atoms with Gasteiger partial charge in [-0.3, -0.25) is 4.79 Å². The number of aryl methyl sites for hydroxylation is 2. The fourth-order valence-electron chi connectivity index (χ4n) is 3.36. The highest BCUT2D eigenvalue weighted by molar-refractivity contribution is 5.92. The van der Waals surface area contributed by atoms with E-state index in [1.54, 1.807) is 0 Å². The first-order chi connectivity index (χ1) is 15.0. The zero-order valence-corrected chi connectivity index (χ0v) is 18.6. The van der Waals surface area contributed by atoms with Crippen molar-refractivity contribution in [3.63, 3.8) is 0 Å². The Balaban J connectivity index is 1.48. The molecule has 0 spiro atoms. The van der Waals surface area contributed by atoms with E-state index in [-0.39, 0.29) is 12.5 Å². The average molecular weight is 418 g/mol. The Labute approximate surface area is 185 Å². The van der Waals surface area contributed by atoms with Gasteiger partial charge in [0.15, 0.2) is 6.61 Å². The first-order valence-electron chi connectivity index (χ1n) is 10.8. The van der Waals surface area contributed by atoms with Crippen molar-refractivity contribution in [3.05, 3.63) is 89.5 Å². The van der Waals surface area contributed by atoms with Crippen LogP contribution < -0.4 is 14.8 Å². The van der Waals surface area contributed by atoms with Crippen LogP contribution in [0.15, 0.2) is 72.8 Å². The molecule has 0 saturated carbocycles. The smallest absolute Gasteiger partial charge is 0.262 e. The third kappa shape index (κ3) is 7.18. The van der Waals surface area contributed by atoms with Gasteiger partial charge >= 0.3 is 0 Å². The SMILES string of the molecule is Cc1ccc(C(C)C)c(OCC(=O)Nc2cccc(OCCCc3ccccc3)c2)c1. The van der Waals surface area contributed by atoms with E-state index >= 15 is 0 Å². The Bertz CT molecular complexity index is 983. The highest BCUT2D eigenvalue weighted by Crippen LogP contribution is 2.27. The molecule has 31 heavy (non-hydrogen) atoms. The summed E-state index contributed by atoms with van der Waals surface area (Å²) in [5.41, 5.74) is 4.21. The Morgan fingerprint density at radius 1 is 0.935 bits per heavy atom. The van der Waals surface area contributed by atoms with Gasteiger partial charge < -0.3 is 14.8 Å². The van der Waals surface area contributed by atoms with Crippen molar-refractivity contribution >= 4 is 11.6 Å². The van der Waals surface area contributed by atoms with Crippen molar-refractivity contribution in [2.24, 2.45) is 0 Å². The first kappa shape index (κ1) is 22.4. The lowest BCUT2D eigenvalue weighted by molar-refractivity contribution is -0.118. The minimum atomic E-state index is -0.197. The van der Waals surface area contributed by atoms with Crippen molar-refractivity contribution in [1.82, 2.24) is 0 Å². The van der Waals surface area contributed by atoms with Crippen LogP contribution in [0.5, 0.6) is 11.5 Å². The van der Waals surface area contributed by atoms with Gasteiger partial charge in [-0.15, -0.1) is 0 Å². The maximum absolute atomic E-state index is 12.4. The molecule has 0 aliphatic heterocycles. The lowest BCUT2D eigenvalue weighted by atomic mass is 10.0. The van der Waals surface area contributed by atoms with Crippen molar-refractivity contribution in [2.75, 3.05) is 18.5 Å². The molecule has 4 nitrogen and oxygen atoms in total. The van der Waals surface area contributed by atoms with Crippen molar-refractivity contribution in [1.29, 1.82) is 0 Å². The van der Waals surface area contributed by atoms with E-state index < -0.39 is 0 Å². The molecule has 4 heteroatoms. The molecule has 0 aromatic heterocycles. The molecule has 3 aromatic rings. The Morgan fingerprint density at radius 2 is 1.74 bits per heavy atom. The van der Waals surface area contributed by atoms with Crippen LogP contribution in [0.25, 0.3) is 0 Å². The second-order valence-electron chi connectivity index (χ2n) is 8.00. The highest BCUT2D eigenvalue weighted by Gasteiger charge is 2.11. The number of amides is 1. The summed E-state index contributed by atoms with van der Waals surface area (Å²) in [4.78, 5) is 12.4. The molecule has 1 N–H and O–H groups in total. The van der Waals surface area contributed by atoms with Gasteiger partial charge in [0.1, 0.15) is 11.5 Å². The number of hydrogen-bond acceptors (Lipinski definition) is 3. The predicted octanol–water partition coefficient (Wildman–Crippen LogP) is 6.15. The van der Waals surface area contributed by atoms with Crippen LogP contribution in [0.2, 0.25) is 0 Å². The summed E-state index contributed by atoms with van der Waals surface area (Å²) in [7, 11) is 0. The predicted molar refractivity (Wildman–Crippen MR) is 126 cm³/mol. The molecule has 1 amide bonds. The van der Waals surface area contributed by atoms with E-state index in [2.05, 4.69) is 55.6 Å². The summed E-state index contributed by atoms with van der Waals surface area (Å²) in [5.74, 6) is 1.64. The van der Waals surface area contributed by atoms with E-state index in [1.165, 1.54) is 5.56 Å². The number of ether oxygens (including phenoxy) is 2. The van der Waals surface area contributed by atoms with Gasteiger partial charge in [-0.25, -0.2) is 0 Å². The van der Waals surface area contributed by atoms with E-state index in [1.807, 2.05) is 43.3 Å². The number of rotatable bonds is 10. The molecule has 0 atom stereocenters. The van der Waals surface area contributed by atoms with Crippen LogP contribution in [0, 0.1) is 6.92 Å². The van der Waals surface area contributed by atoms with Crippen LogP contribution in [-0.2, 0) is 11.2 Å². The molecule has 3 rings (SSSR count).